The van der Waals surface area contributed by atoms with Gasteiger partial charge in [0.1, 0.15) is 0 Å². The van der Waals surface area contributed by atoms with Crippen LogP contribution < -0.4 is 10.6 Å². The van der Waals surface area contributed by atoms with Crippen molar-refractivity contribution in [2.24, 2.45) is 0 Å². The summed E-state index contributed by atoms with van der Waals surface area (Å²) in [6.07, 6.45) is 1.64. The van der Waals surface area contributed by atoms with Crippen molar-refractivity contribution in [3.05, 3.63) is 70.2 Å². The number of thiazole rings is 1. The minimum absolute atomic E-state index is 0.271. The predicted molar refractivity (Wildman–Crippen MR) is 96.0 cm³/mol. The molecule has 23 heavy (non-hydrogen) atoms. The predicted octanol–water partition coefficient (Wildman–Crippen LogP) is 5.10. The molecule has 6 heteroatoms. The van der Waals surface area contributed by atoms with Crippen molar-refractivity contribution in [1.29, 1.82) is 0 Å². The summed E-state index contributed by atoms with van der Waals surface area (Å²) in [5.41, 5.74) is 3.38. The Morgan fingerprint density at radius 1 is 1.22 bits per heavy atom. The first-order valence-electron chi connectivity index (χ1n) is 6.96. The maximum absolute atomic E-state index is 12.2. The van der Waals surface area contributed by atoms with Crippen LogP contribution in [0.2, 0.25) is 5.02 Å². The summed E-state index contributed by atoms with van der Waals surface area (Å²) in [7, 11) is 0. The molecular weight excluding hydrogens is 330 g/mol. The average Bonchev–Trinajstić information content (AvgIpc) is 3.02. The van der Waals surface area contributed by atoms with Gasteiger partial charge in [-0.1, -0.05) is 29.8 Å². The van der Waals surface area contributed by atoms with Crippen LogP contribution in [0, 0.1) is 6.92 Å². The third-order valence-electron chi connectivity index (χ3n) is 3.29. The smallest absolute Gasteiger partial charge is 0.258 e. The number of aromatic nitrogens is 1. The van der Waals surface area contributed by atoms with E-state index in [1.54, 1.807) is 23.7 Å². The van der Waals surface area contributed by atoms with Gasteiger partial charge in [-0.05, 0) is 36.8 Å². The van der Waals surface area contributed by atoms with Gasteiger partial charge in [0.2, 0.25) is 0 Å². The molecule has 0 atom stereocenters. The van der Waals surface area contributed by atoms with Crippen molar-refractivity contribution in [2.75, 3.05) is 10.6 Å². The molecule has 0 aliphatic rings. The summed E-state index contributed by atoms with van der Waals surface area (Å²) >= 11 is 7.61. The van der Waals surface area contributed by atoms with Gasteiger partial charge in [0.05, 0.1) is 10.6 Å². The second-order valence-electron chi connectivity index (χ2n) is 4.93. The molecule has 1 heterocycles. The second kappa shape index (κ2) is 6.81. The van der Waals surface area contributed by atoms with E-state index >= 15 is 0 Å². The van der Waals surface area contributed by atoms with Crippen LogP contribution in [0.4, 0.5) is 16.5 Å². The van der Waals surface area contributed by atoms with E-state index in [1.165, 1.54) is 11.3 Å². The largest absolute Gasteiger partial charge is 0.355 e. The molecule has 3 rings (SSSR count). The molecule has 0 fully saturated rings. The Morgan fingerprint density at radius 3 is 2.74 bits per heavy atom. The number of nitrogens with one attached hydrogen (secondary N) is 2. The molecule has 0 radical (unpaired) electrons. The highest BCUT2D eigenvalue weighted by molar-refractivity contribution is 7.13. The lowest BCUT2D eigenvalue weighted by molar-refractivity contribution is 0.102. The highest BCUT2D eigenvalue weighted by Crippen LogP contribution is 2.26. The van der Waals surface area contributed by atoms with Crippen molar-refractivity contribution < 1.29 is 4.79 Å². The van der Waals surface area contributed by atoms with Gasteiger partial charge in [0, 0.05) is 23.0 Å². The standard InChI is InChI=1S/C17H14ClN3OS/c1-11-4-2-3-5-15(11)20-12-6-7-13(14(18)10-12)16(22)21-17-19-8-9-23-17/h2-10,20H,1H3,(H,19,21,22). The Labute approximate surface area is 143 Å². The molecule has 0 bridgehead atoms. The number of amides is 1. The number of para-hydroxylation sites is 1. The normalized spacial score (nSPS) is 10.3. The minimum atomic E-state index is -0.271. The molecule has 2 aromatic carbocycles. The molecule has 0 saturated carbocycles. The van der Waals surface area contributed by atoms with Crippen LogP contribution in [0.5, 0.6) is 0 Å². The number of hydrogen-bond donors (Lipinski definition) is 2. The van der Waals surface area contributed by atoms with Crippen molar-refractivity contribution in [3.63, 3.8) is 0 Å². The fourth-order valence-electron chi connectivity index (χ4n) is 2.10. The number of aryl methyl sites for hydroxylation is 1. The quantitative estimate of drug-likeness (QED) is 0.692. The van der Waals surface area contributed by atoms with E-state index in [4.69, 9.17) is 11.6 Å². The molecule has 1 amide bonds. The van der Waals surface area contributed by atoms with E-state index in [1.807, 2.05) is 37.3 Å². The summed E-state index contributed by atoms with van der Waals surface area (Å²) in [5, 5.41) is 8.75. The summed E-state index contributed by atoms with van der Waals surface area (Å²) < 4.78 is 0. The Hall–Kier alpha value is -2.37. The monoisotopic (exact) mass is 343 g/mol. The molecule has 0 saturated heterocycles. The molecule has 0 unspecified atom stereocenters. The number of hydrogen-bond acceptors (Lipinski definition) is 4. The van der Waals surface area contributed by atoms with E-state index in [0.29, 0.717) is 15.7 Å². The Kier molecular flexibility index (Phi) is 4.60. The fraction of sp³-hybridized carbons (Fsp3) is 0.0588. The summed E-state index contributed by atoms with van der Waals surface area (Å²) in [6.45, 7) is 2.03. The van der Waals surface area contributed by atoms with E-state index in [9.17, 15) is 4.79 Å². The van der Waals surface area contributed by atoms with Crippen LogP contribution >= 0.6 is 22.9 Å². The molecule has 0 aliphatic heterocycles. The third-order valence-corrected chi connectivity index (χ3v) is 4.29. The highest BCUT2D eigenvalue weighted by atomic mass is 35.5. The minimum Gasteiger partial charge on any atom is -0.355 e. The van der Waals surface area contributed by atoms with Gasteiger partial charge in [-0.25, -0.2) is 4.98 Å². The molecule has 3 aromatic rings. The lowest BCUT2D eigenvalue weighted by Crippen LogP contribution is -2.12. The van der Waals surface area contributed by atoms with Gasteiger partial charge in [-0.2, -0.15) is 0 Å². The van der Waals surface area contributed by atoms with Crippen molar-refractivity contribution in [3.8, 4) is 0 Å². The zero-order valence-electron chi connectivity index (χ0n) is 12.3. The zero-order valence-corrected chi connectivity index (χ0v) is 13.9. The van der Waals surface area contributed by atoms with Gasteiger partial charge in [-0.15, -0.1) is 11.3 Å². The molecule has 116 valence electrons. The molecule has 0 spiro atoms. The molecule has 0 aliphatic carbocycles. The van der Waals surface area contributed by atoms with Gasteiger partial charge >= 0.3 is 0 Å². The van der Waals surface area contributed by atoms with E-state index in [0.717, 1.165) is 16.9 Å². The number of halogens is 1. The topological polar surface area (TPSA) is 54.0 Å². The van der Waals surface area contributed by atoms with Crippen molar-refractivity contribution in [2.45, 2.75) is 6.92 Å². The van der Waals surface area contributed by atoms with E-state index in [2.05, 4.69) is 15.6 Å². The Morgan fingerprint density at radius 2 is 2.04 bits per heavy atom. The van der Waals surface area contributed by atoms with Gasteiger partial charge in [0.15, 0.2) is 5.13 Å². The molecule has 1 aromatic heterocycles. The molecule has 4 nitrogen and oxygen atoms in total. The molecule has 2 N–H and O–H groups in total. The zero-order chi connectivity index (χ0) is 16.2. The van der Waals surface area contributed by atoms with Crippen LogP contribution in [0.25, 0.3) is 0 Å². The summed E-state index contributed by atoms with van der Waals surface area (Å²) in [6, 6.07) is 13.2. The third kappa shape index (κ3) is 3.70. The first-order chi connectivity index (χ1) is 11.1. The maximum atomic E-state index is 12.2. The number of carbonyl (C=O) groups is 1. The van der Waals surface area contributed by atoms with Gasteiger partial charge in [0.25, 0.3) is 5.91 Å². The number of anilines is 3. The summed E-state index contributed by atoms with van der Waals surface area (Å²) in [5.74, 6) is -0.271. The Bertz CT molecular complexity index is 834. The number of carbonyl (C=O) groups excluding carboxylic acids is 1. The van der Waals surface area contributed by atoms with Gasteiger partial charge < -0.3 is 5.32 Å². The van der Waals surface area contributed by atoms with Crippen LogP contribution in [0.1, 0.15) is 15.9 Å². The van der Waals surface area contributed by atoms with Crippen molar-refractivity contribution in [1.82, 2.24) is 4.98 Å². The first kappa shape index (κ1) is 15.5. The molecular formula is C17H14ClN3OS. The van der Waals surface area contributed by atoms with Crippen molar-refractivity contribution >= 4 is 45.4 Å². The highest BCUT2D eigenvalue weighted by Gasteiger charge is 2.12. The van der Waals surface area contributed by atoms with Crippen LogP contribution in [-0.4, -0.2) is 10.9 Å². The SMILES string of the molecule is Cc1ccccc1Nc1ccc(C(=O)Nc2nccs2)c(Cl)c1. The number of rotatable bonds is 4. The lowest BCUT2D eigenvalue weighted by Gasteiger charge is -2.11. The van der Waals surface area contributed by atoms with E-state index in [-0.39, 0.29) is 5.91 Å². The van der Waals surface area contributed by atoms with Crippen LogP contribution in [0.15, 0.2) is 54.0 Å². The maximum Gasteiger partial charge on any atom is 0.258 e. The second-order valence-corrected chi connectivity index (χ2v) is 6.23. The lowest BCUT2D eigenvalue weighted by atomic mass is 10.1. The average molecular weight is 344 g/mol. The Balaban J connectivity index is 1.78. The van der Waals surface area contributed by atoms with Crippen LogP contribution in [0.3, 0.4) is 0 Å². The van der Waals surface area contributed by atoms with E-state index < -0.39 is 0 Å². The number of benzene rings is 2. The van der Waals surface area contributed by atoms with Crippen LogP contribution in [-0.2, 0) is 0 Å². The number of nitrogens with zero attached hydrogens (tertiary/aromatic N) is 1. The first-order valence-corrected chi connectivity index (χ1v) is 8.22. The van der Waals surface area contributed by atoms with Gasteiger partial charge in [-0.3, -0.25) is 10.1 Å². The summed E-state index contributed by atoms with van der Waals surface area (Å²) in [4.78, 5) is 16.2. The fourth-order valence-corrected chi connectivity index (χ4v) is 2.89.